The maximum absolute atomic E-state index is 12.6. The number of nitrogens with zero attached hydrogens (tertiary/aromatic N) is 3. The highest BCUT2D eigenvalue weighted by Crippen LogP contribution is 2.36. The number of ether oxygens (including phenoxy) is 1. The van der Waals surface area contributed by atoms with Crippen LogP contribution in [0.1, 0.15) is 56.8 Å². The van der Waals surface area contributed by atoms with Gasteiger partial charge in [-0.25, -0.2) is 14.8 Å². The molecule has 0 radical (unpaired) electrons. The van der Waals surface area contributed by atoms with Gasteiger partial charge in [0.2, 0.25) is 0 Å². The normalized spacial score (nSPS) is 20.2. The van der Waals surface area contributed by atoms with E-state index in [4.69, 9.17) is 4.74 Å². The second kappa shape index (κ2) is 7.07. The zero-order valence-electron chi connectivity index (χ0n) is 16.6. The zero-order valence-corrected chi connectivity index (χ0v) is 16.6. The summed E-state index contributed by atoms with van der Waals surface area (Å²) in [7, 11) is 0. The number of likely N-dealkylation sites (tertiary alicyclic amines) is 1. The highest BCUT2D eigenvalue weighted by atomic mass is 16.6. The third kappa shape index (κ3) is 3.95. The van der Waals surface area contributed by atoms with Crippen molar-refractivity contribution in [1.82, 2.24) is 19.9 Å². The van der Waals surface area contributed by atoms with E-state index in [1.165, 1.54) is 6.33 Å². The molecule has 1 atom stereocenters. The van der Waals surface area contributed by atoms with Crippen LogP contribution in [0.3, 0.4) is 0 Å². The van der Waals surface area contributed by atoms with Crippen LogP contribution >= 0.6 is 0 Å². The lowest BCUT2D eigenvalue weighted by molar-refractivity contribution is 0.0206. The number of hydrogen-bond acceptors (Lipinski definition) is 6. The molecule has 2 aromatic rings. The summed E-state index contributed by atoms with van der Waals surface area (Å²) < 4.78 is 5.50. The summed E-state index contributed by atoms with van der Waals surface area (Å²) in [5.74, 6) is 0.929. The fraction of sp³-hybridized carbons (Fsp3) is 0.600. The van der Waals surface area contributed by atoms with Gasteiger partial charge in [-0.05, 0) is 46.5 Å². The van der Waals surface area contributed by atoms with E-state index in [1.54, 1.807) is 11.1 Å². The molecule has 2 N–H and O–H groups in total. The summed E-state index contributed by atoms with van der Waals surface area (Å²) in [5, 5.41) is 4.18. The lowest BCUT2D eigenvalue weighted by atomic mass is 10.0. The van der Waals surface area contributed by atoms with Gasteiger partial charge >= 0.3 is 6.09 Å². The standard InChI is InChI=1S/C20H27N5O3/c1-20(2,3)28-19(27)25-8-4-5-13(10-25)24-18-15-14(16(26)12-6-7-12)9-21-17(15)22-11-23-18/h9,11-13H,4-8,10H2,1-3H3,(H2,21,22,23,24). The van der Waals surface area contributed by atoms with Crippen molar-refractivity contribution in [2.75, 3.05) is 18.4 Å². The number of nitrogens with one attached hydrogen (secondary N) is 2. The number of H-pyrrole nitrogens is 1. The number of anilines is 1. The SMILES string of the molecule is CC(C)(C)OC(=O)N1CCCC(Nc2ncnc3[nH]cc(C(=O)C4CC4)c23)C1. The molecule has 0 aromatic carbocycles. The number of Topliss-reactive ketones (excluding diaryl/α,β-unsaturated/α-hetero) is 1. The molecular weight excluding hydrogens is 358 g/mol. The Labute approximate surface area is 164 Å². The first kappa shape index (κ1) is 18.7. The van der Waals surface area contributed by atoms with Crippen molar-refractivity contribution >= 4 is 28.7 Å². The molecule has 0 bridgehead atoms. The molecule has 2 aliphatic rings. The average Bonchev–Trinajstić information content (AvgIpc) is 3.39. The largest absolute Gasteiger partial charge is 0.444 e. The van der Waals surface area contributed by atoms with Crippen LogP contribution in [0.15, 0.2) is 12.5 Å². The molecule has 2 aromatic heterocycles. The van der Waals surface area contributed by atoms with Crippen LogP contribution < -0.4 is 5.32 Å². The molecule has 150 valence electrons. The van der Waals surface area contributed by atoms with E-state index in [2.05, 4.69) is 20.3 Å². The molecule has 4 rings (SSSR count). The minimum absolute atomic E-state index is 0.0399. The van der Waals surface area contributed by atoms with Crippen LogP contribution in [0.25, 0.3) is 11.0 Å². The van der Waals surface area contributed by atoms with Crippen molar-refractivity contribution in [3.8, 4) is 0 Å². The first-order valence-electron chi connectivity index (χ1n) is 9.92. The molecule has 1 aliphatic heterocycles. The number of rotatable bonds is 4. The summed E-state index contributed by atoms with van der Waals surface area (Å²) >= 11 is 0. The number of amides is 1. The molecule has 2 fully saturated rings. The fourth-order valence-electron chi connectivity index (χ4n) is 3.61. The maximum Gasteiger partial charge on any atom is 0.410 e. The number of carbonyl (C=O) groups excluding carboxylic acids is 2. The van der Waals surface area contributed by atoms with E-state index in [9.17, 15) is 9.59 Å². The van der Waals surface area contributed by atoms with E-state index < -0.39 is 5.60 Å². The Kier molecular flexibility index (Phi) is 4.72. The van der Waals surface area contributed by atoms with Crippen molar-refractivity contribution in [2.24, 2.45) is 5.92 Å². The molecule has 8 heteroatoms. The van der Waals surface area contributed by atoms with E-state index in [0.29, 0.717) is 30.1 Å². The third-order valence-corrected chi connectivity index (χ3v) is 5.10. The quantitative estimate of drug-likeness (QED) is 0.783. The van der Waals surface area contributed by atoms with Crippen LogP contribution in [0, 0.1) is 5.92 Å². The number of hydrogen-bond donors (Lipinski definition) is 2. The summed E-state index contributed by atoms with van der Waals surface area (Å²) in [5.41, 5.74) is 0.793. The van der Waals surface area contributed by atoms with E-state index in [0.717, 1.165) is 31.1 Å². The Morgan fingerprint density at radius 1 is 1.25 bits per heavy atom. The van der Waals surface area contributed by atoms with Gasteiger partial charge in [0.1, 0.15) is 23.4 Å². The minimum Gasteiger partial charge on any atom is -0.444 e. The topological polar surface area (TPSA) is 100 Å². The monoisotopic (exact) mass is 385 g/mol. The lowest BCUT2D eigenvalue weighted by Gasteiger charge is -2.34. The summed E-state index contributed by atoms with van der Waals surface area (Å²) in [6.45, 7) is 6.82. The first-order valence-corrected chi connectivity index (χ1v) is 9.92. The molecule has 1 aliphatic carbocycles. The van der Waals surface area contributed by atoms with Gasteiger partial charge in [-0.15, -0.1) is 0 Å². The number of carbonyl (C=O) groups is 2. The molecule has 3 heterocycles. The number of ketones is 1. The van der Waals surface area contributed by atoms with Crippen molar-refractivity contribution in [1.29, 1.82) is 0 Å². The maximum atomic E-state index is 12.6. The summed E-state index contributed by atoms with van der Waals surface area (Å²) in [4.78, 5) is 38.5. The molecule has 1 amide bonds. The molecule has 1 saturated carbocycles. The Hall–Kier alpha value is -2.64. The van der Waals surface area contributed by atoms with Gasteiger partial charge in [0.25, 0.3) is 0 Å². The Morgan fingerprint density at radius 3 is 2.75 bits per heavy atom. The zero-order chi connectivity index (χ0) is 19.9. The Bertz CT molecular complexity index is 897. The van der Waals surface area contributed by atoms with Gasteiger partial charge in [-0.2, -0.15) is 0 Å². The van der Waals surface area contributed by atoms with Crippen molar-refractivity contribution in [3.63, 3.8) is 0 Å². The second-order valence-corrected chi connectivity index (χ2v) is 8.70. The molecule has 1 saturated heterocycles. The van der Waals surface area contributed by atoms with Crippen LogP contribution in [0.4, 0.5) is 10.6 Å². The van der Waals surface area contributed by atoms with Crippen LogP contribution in [-0.4, -0.2) is 56.5 Å². The van der Waals surface area contributed by atoms with E-state index in [-0.39, 0.29) is 23.8 Å². The van der Waals surface area contributed by atoms with Crippen molar-refractivity contribution < 1.29 is 14.3 Å². The van der Waals surface area contributed by atoms with E-state index >= 15 is 0 Å². The van der Waals surface area contributed by atoms with Gasteiger partial charge in [0.15, 0.2) is 5.78 Å². The molecule has 0 spiro atoms. The van der Waals surface area contributed by atoms with Crippen LogP contribution in [-0.2, 0) is 4.74 Å². The lowest BCUT2D eigenvalue weighted by Crippen LogP contribution is -2.47. The van der Waals surface area contributed by atoms with Crippen molar-refractivity contribution in [2.45, 2.75) is 58.1 Å². The van der Waals surface area contributed by atoms with Gasteiger partial charge < -0.3 is 19.9 Å². The predicted octanol–water partition coefficient (Wildman–Crippen LogP) is 3.36. The number of aromatic amines is 1. The minimum atomic E-state index is -0.514. The molecular formula is C20H27N5O3. The fourth-order valence-corrected chi connectivity index (χ4v) is 3.61. The van der Waals surface area contributed by atoms with E-state index in [1.807, 2.05) is 20.8 Å². The first-order chi connectivity index (χ1) is 13.3. The predicted molar refractivity (Wildman–Crippen MR) is 105 cm³/mol. The number of piperidine rings is 1. The van der Waals surface area contributed by atoms with Crippen LogP contribution in [0.5, 0.6) is 0 Å². The van der Waals surface area contributed by atoms with Crippen LogP contribution in [0.2, 0.25) is 0 Å². The van der Waals surface area contributed by atoms with Gasteiger partial charge in [0.05, 0.1) is 5.39 Å². The average molecular weight is 385 g/mol. The highest BCUT2D eigenvalue weighted by Gasteiger charge is 2.33. The molecule has 8 nitrogen and oxygen atoms in total. The number of aromatic nitrogens is 3. The van der Waals surface area contributed by atoms with Gasteiger partial charge in [-0.3, -0.25) is 4.79 Å². The number of fused-ring (bicyclic) bond motifs is 1. The van der Waals surface area contributed by atoms with Gasteiger partial charge in [-0.1, -0.05) is 0 Å². The second-order valence-electron chi connectivity index (χ2n) is 8.70. The van der Waals surface area contributed by atoms with Gasteiger partial charge in [0, 0.05) is 36.8 Å². The summed E-state index contributed by atoms with van der Waals surface area (Å²) in [6.07, 6.45) is 6.64. The third-order valence-electron chi connectivity index (χ3n) is 5.10. The Morgan fingerprint density at radius 2 is 2.04 bits per heavy atom. The summed E-state index contributed by atoms with van der Waals surface area (Å²) in [6, 6.07) is 0.0399. The molecule has 28 heavy (non-hydrogen) atoms. The van der Waals surface area contributed by atoms with Crippen molar-refractivity contribution in [3.05, 3.63) is 18.1 Å². The smallest absolute Gasteiger partial charge is 0.410 e. The highest BCUT2D eigenvalue weighted by molar-refractivity contribution is 6.12. The molecule has 1 unspecified atom stereocenters. The Balaban J connectivity index is 1.52.